The second-order valence-corrected chi connectivity index (χ2v) is 8.28. The summed E-state index contributed by atoms with van der Waals surface area (Å²) in [6, 6.07) is 12.8. The third-order valence-electron chi connectivity index (χ3n) is 5.28. The second kappa shape index (κ2) is 11.2. The molecule has 0 radical (unpaired) electrons. The van der Waals surface area contributed by atoms with Gasteiger partial charge in [0, 0.05) is 42.6 Å². The number of azo groups is 1. The number of hydrogen-bond donors (Lipinski definition) is 2. The molecule has 0 spiro atoms. The normalized spacial score (nSPS) is 11.4. The molecule has 1 heterocycles. The number of nitrogens with one attached hydrogen (secondary N) is 1. The van der Waals surface area contributed by atoms with Crippen molar-refractivity contribution in [3.05, 3.63) is 64.2 Å². The van der Waals surface area contributed by atoms with E-state index in [4.69, 9.17) is 0 Å². The van der Waals surface area contributed by atoms with Crippen molar-refractivity contribution in [2.45, 2.75) is 39.7 Å². The summed E-state index contributed by atoms with van der Waals surface area (Å²) >= 11 is 0. The highest BCUT2D eigenvalue weighted by molar-refractivity contribution is 5.95. The van der Waals surface area contributed by atoms with Crippen LogP contribution in [0.3, 0.4) is 0 Å². The average molecular weight is 466 g/mol. The van der Waals surface area contributed by atoms with Gasteiger partial charge in [0.1, 0.15) is 0 Å². The lowest BCUT2D eigenvalue weighted by atomic mass is 10.1. The number of para-hydroxylation sites is 1. The molecule has 3 rings (SSSR count). The van der Waals surface area contributed by atoms with E-state index < -0.39 is 16.7 Å². The average Bonchev–Trinajstić information content (AvgIpc) is 3.09. The molecule has 1 aromatic heterocycles. The molecule has 0 unspecified atom stereocenters. The Kier molecular flexibility index (Phi) is 8.07. The molecule has 2 amide bonds. The van der Waals surface area contributed by atoms with Gasteiger partial charge in [0.25, 0.3) is 17.5 Å². The van der Waals surface area contributed by atoms with Crippen LogP contribution in [-0.4, -0.2) is 33.0 Å². The molecule has 0 aliphatic rings. The Morgan fingerprint density at radius 1 is 1.18 bits per heavy atom. The molecule has 0 saturated heterocycles. The molecule has 34 heavy (non-hydrogen) atoms. The van der Waals surface area contributed by atoms with Gasteiger partial charge >= 0.3 is 0 Å². The number of rotatable bonds is 10. The quantitative estimate of drug-likeness (QED) is 0.185. The Hall–Kier alpha value is -4.08. The maximum atomic E-state index is 12.2. The number of aryl methyl sites for hydroxylation is 1. The number of fused-ring (bicyclic) bond motifs is 1. The van der Waals surface area contributed by atoms with Crippen molar-refractivity contribution in [1.29, 1.82) is 0 Å². The Morgan fingerprint density at radius 2 is 1.94 bits per heavy atom. The van der Waals surface area contributed by atoms with Gasteiger partial charge < -0.3 is 15.0 Å². The van der Waals surface area contributed by atoms with Gasteiger partial charge in [0.05, 0.1) is 10.4 Å². The smallest absolute Gasteiger partial charge is 0.270 e. The van der Waals surface area contributed by atoms with E-state index in [0.717, 1.165) is 11.9 Å². The predicted molar refractivity (Wildman–Crippen MR) is 127 cm³/mol. The van der Waals surface area contributed by atoms with Crippen molar-refractivity contribution in [2.24, 2.45) is 16.1 Å². The van der Waals surface area contributed by atoms with E-state index in [0.29, 0.717) is 24.3 Å². The van der Waals surface area contributed by atoms with Crippen molar-refractivity contribution in [3.8, 4) is 5.88 Å². The van der Waals surface area contributed by atoms with E-state index >= 15 is 0 Å². The minimum absolute atomic E-state index is 0.0254. The highest BCUT2D eigenvalue weighted by atomic mass is 16.6. The van der Waals surface area contributed by atoms with E-state index in [1.54, 1.807) is 4.57 Å². The number of aromatic hydroxyl groups is 1. The maximum absolute atomic E-state index is 12.2. The van der Waals surface area contributed by atoms with Crippen LogP contribution in [0.25, 0.3) is 10.9 Å². The van der Waals surface area contributed by atoms with Crippen LogP contribution in [0.15, 0.2) is 58.8 Å². The molecule has 10 heteroatoms. The van der Waals surface area contributed by atoms with Crippen LogP contribution in [0.5, 0.6) is 5.88 Å². The van der Waals surface area contributed by atoms with Crippen molar-refractivity contribution in [2.75, 3.05) is 6.54 Å². The number of benzene rings is 2. The van der Waals surface area contributed by atoms with E-state index in [1.165, 1.54) is 24.3 Å². The summed E-state index contributed by atoms with van der Waals surface area (Å²) in [5, 5.41) is 32.6. The summed E-state index contributed by atoms with van der Waals surface area (Å²) in [5.41, 5.74) is 1.08. The van der Waals surface area contributed by atoms with E-state index in [2.05, 4.69) is 29.4 Å². The van der Waals surface area contributed by atoms with Crippen molar-refractivity contribution < 1.29 is 19.6 Å². The standard InChI is InChI=1S/C24H27N5O5/c1-16(2)12-14-28-20-10-4-3-9-19(20)22(24(28)32)27-26-21(30)11-6-13-25-23(31)17-7-5-8-18(15-17)29(33)34/h3-5,7-10,15-16,32H,6,11-14H2,1-2H3,(H,25,31). The molecule has 3 aromatic rings. The fraction of sp³-hybridized carbons (Fsp3) is 0.333. The van der Waals surface area contributed by atoms with Gasteiger partial charge in [-0.15, -0.1) is 10.2 Å². The summed E-state index contributed by atoms with van der Waals surface area (Å²) in [6.07, 6.45) is 1.25. The Morgan fingerprint density at radius 3 is 2.68 bits per heavy atom. The van der Waals surface area contributed by atoms with Gasteiger partial charge in [-0.25, -0.2) is 0 Å². The topological polar surface area (TPSA) is 139 Å². The molecule has 0 aliphatic carbocycles. The fourth-order valence-corrected chi connectivity index (χ4v) is 3.44. The Balaban J connectivity index is 1.57. The van der Waals surface area contributed by atoms with Crippen LogP contribution < -0.4 is 5.32 Å². The lowest BCUT2D eigenvalue weighted by Crippen LogP contribution is -2.24. The number of nitro benzene ring substituents is 1. The molecule has 10 nitrogen and oxygen atoms in total. The van der Waals surface area contributed by atoms with Gasteiger partial charge in [0.15, 0.2) is 5.69 Å². The zero-order valence-electron chi connectivity index (χ0n) is 19.1. The van der Waals surface area contributed by atoms with Crippen LogP contribution in [0.4, 0.5) is 11.4 Å². The lowest BCUT2D eigenvalue weighted by molar-refractivity contribution is -0.384. The molecule has 0 aliphatic heterocycles. The SMILES string of the molecule is CC(C)CCn1c(O)c(N=NC(=O)CCCNC(=O)c2cccc([N+](=O)[O-])c2)c2ccccc21. The van der Waals surface area contributed by atoms with E-state index in [9.17, 15) is 24.8 Å². The van der Waals surface area contributed by atoms with Crippen LogP contribution in [0.2, 0.25) is 0 Å². The first-order chi connectivity index (χ1) is 16.3. The molecule has 0 fully saturated rings. The first kappa shape index (κ1) is 24.6. The Labute approximate surface area is 196 Å². The minimum atomic E-state index is -0.569. The number of carbonyl (C=O) groups is 2. The number of hydrogen-bond acceptors (Lipinski definition) is 6. The zero-order chi connectivity index (χ0) is 24.7. The third kappa shape index (κ3) is 6.03. The van der Waals surface area contributed by atoms with Gasteiger partial charge in [-0.1, -0.05) is 38.1 Å². The minimum Gasteiger partial charge on any atom is -0.493 e. The number of non-ortho nitro benzene ring substituents is 1. The Bertz CT molecular complexity index is 1230. The van der Waals surface area contributed by atoms with Gasteiger partial charge in [-0.05, 0) is 30.9 Å². The number of nitro groups is 1. The van der Waals surface area contributed by atoms with Crippen molar-refractivity contribution in [1.82, 2.24) is 9.88 Å². The number of aromatic nitrogens is 1. The van der Waals surface area contributed by atoms with Crippen LogP contribution in [0.1, 0.15) is 43.5 Å². The summed E-state index contributed by atoms with van der Waals surface area (Å²) in [6.45, 7) is 5.03. The van der Waals surface area contributed by atoms with E-state index in [1.807, 2.05) is 24.3 Å². The van der Waals surface area contributed by atoms with Crippen molar-refractivity contribution in [3.63, 3.8) is 0 Å². The van der Waals surface area contributed by atoms with E-state index in [-0.39, 0.29) is 35.8 Å². The second-order valence-electron chi connectivity index (χ2n) is 8.28. The summed E-state index contributed by atoms with van der Waals surface area (Å²) < 4.78 is 1.78. The molecular weight excluding hydrogens is 438 g/mol. The van der Waals surface area contributed by atoms with Crippen LogP contribution >= 0.6 is 0 Å². The van der Waals surface area contributed by atoms with Crippen LogP contribution in [-0.2, 0) is 11.3 Å². The van der Waals surface area contributed by atoms with Gasteiger partial charge in [0.2, 0.25) is 5.88 Å². The number of carbonyl (C=O) groups excluding carboxylic acids is 2. The molecule has 0 bridgehead atoms. The molecule has 2 aromatic carbocycles. The largest absolute Gasteiger partial charge is 0.493 e. The molecule has 0 atom stereocenters. The molecule has 0 saturated carbocycles. The maximum Gasteiger partial charge on any atom is 0.270 e. The van der Waals surface area contributed by atoms with Gasteiger partial charge in [-0.3, -0.25) is 19.7 Å². The first-order valence-corrected chi connectivity index (χ1v) is 11.1. The summed E-state index contributed by atoms with van der Waals surface area (Å²) in [4.78, 5) is 34.6. The monoisotopic (exact) mass is 465 g/mol. The van der Waals surface area contributed by atoms with Gasteiger partial charge in [-0.2, -0.15) is 0 Å². The number of nitrogens with zero attached hydrogens (tertiary/aromatic N) is 4. The fourth-order valence-electron chi connectivity index (χ4n) is 3.44. The third-order valence-corrected chi connectivity index (χ3v) is 5.28. The first-order valence-electron chi connectivity index (χ1n) is 11.1. The summed E-state index contributed by atoms with van der Waals surface area (Å²) in [5.74, 6) is -0.507. The lowest BCUT2D eigenvalue weighted by Gasteiger charge is -2.08. The highest BCUT2D eigenvalue weighted by Gasteiger charge is 2.17. The highest BCUT2D eigenvalue weighted by Crippen LogP contribution is 2.39. The predicted octanol–water partition coefficient (Wildman–Crippen LogP) is 5.12. The summed E-state index contributed by atoms with van der Waals surface area (Å²) in [7, 11) is 0. The zero-order valence-corrected chi connectivity index (χ0v) is 19.1. The molecule has 178 valence electrons. The van der Waals surface area contributed by atoms with Crippen molar-refractivity contribution >= 4 is 34.1 Å². The molecule has 2 N–H and O–H groups in total. The molecular formula is C24H27N5O5. The van der Waals surface area contributed by atoms with Crippen LogP contribution in [0, 0.1) is 16.0 Å². The number of amides is 2.